The number of phenols is 1. The topological polar surface area (TPSA) is 108 Å². The number of carbonyl (C=O) groups excluding carboxylic acids is 1. The lowest BCUT2D eigenvalue weighted by Crippen LogP contribution is -2.42. The van der Waals surface area contributed by atoms with E-state index >= 15 is 0 Å². The largest absolute Gasteiger partial charge is 0.507 e. The molecule has 2 aromatic carbocycles. The van der Waals surface area contributed by atoms with E-state index in [0.29, 0.717) is 49.1 Å². The lowest BCUT2D eigenvalue weighted by molar-refractivity contribution is -0.137. The van der Waals surface area contributed by atoms with Crippen molar-refractivity contribution < 1.29 is 33.3 Å². The van der Waals surface area contributed by atoms with Gasteiger partial charge in [0.2, 0.25) is 0 Å². The first-order valence-electron chi connectivity index (χ1n) is 12.2. The number of phenolic OH excluding ortho intramolecular Hbond substituents is 1. The second kappa shape index (κ2) is 10.5. The first kappa shape index (κ1) is 24.0. The van der Waals surface area contributed by atoms with E-state index in [2.05, 4.69) is 0 Å². The van der Waals surface area contributed by atoms with Crippen LogP contribution in [0.4, 0.5) is 0 Å². The number of hydrogen-bond donors (Lipinski definition) is 1. The van der Waals surface area contributed by atoms with Crippen molar-refractivity contribution in [3.8, 4) is 34.3 Å². The van der Waals surface area contributed by atoms with Crippen LogP contribution in [0, 0.1) is 0 Å². The van der Waals surface area contributed by atoms with E-state index in [4.69, 9.17) is 23.4 Å². The molecule has 1 N–H and O–H groups in total. The number of morpholine rings is 1. The van der Waals surface area contributed by atoms with Gasteiger partial charge in [-0.25, -0.2) is 0 Å². The number of carbonyl (C=O) groups is 1. The molecule has 1 saturated carbocycles. The third-order valence-corrected chi connectivity index (χ3v) is 6.55. The molecule has 2 heterocycles. The van der Waals surface area contributed by atoms with E-state index < -0.39 is 5.43 Å². The van der Waals surface area contributed by atoms with E-state index in [1.807, 2.05) is 0 Å². The minimum Gasteiger partial charge on any atom is -0.507 e. The summed E-state index contributed by atoms with van der Waals surface area (Å²) in [5, 5.41) is 10.5. The van der Waals surface area contributed by atoms with Crippen molar-refractivity contribution in [3.63, 3.8) is 0 Å². The summed E-state index contributed by atoms with van der Waals surface area (Å²) in [4.78, 5) is 26.9. The van der Waals surface area contributed by atoms with Crippen molar-refractivity contribution >= 4 is 16.9 Å². The maximum Gasteiger partial charge on any atom is 0.260 e. The highest BCUT2D eigenvalue weighted by Crippen LogP contribution is 2.37. The molecule has 1 aromatic heterocycles. The van der Waals surface area contributed by atoms with Crippen LogP contribution in [0.2, 0.25) is 0 Å². The number of benzene rings is 2. The number of hydrogen-bond acceptors (Lipinski definition) is 8. The van der Waals surface area contributed by atoms with Gasteiger partial charge in [0, 0.05) is 36.9 Å². The molecule has 0 atom stereocenters. The molecule has 36 heavy (non-hydrogen) atoms. The predicted molar refractivity (Wildman–Crippen MR) is 132 cm³/mol. The molecule has 0 unspecified atom stereocenters. The average Bonchev–Trinajstić information content (AvgIpc) is 3.40. The van der Waals surface area contributed by atoms with Crippen molar-refractivity contribution in [1.29, 1.82) is 0 Å². The first-order valence-corrected chi connectivity index (χ1v) is 12.2. The number of rotatable bonds is 7. The zero-order valence-electron chi connectivity index (χ0n) is 20.2. The smallest absolute Gasteiger partial charge is 0.260 e. The van der Waals surface area contributed by atoms with Crippen LogP contribution in [0.1, 0.15) is 25.7 Å². The predicted octanol–water partition coefficient (Wildman–Crippen LogP) is 3.73. The number of nitrogens with zero attached hydrogens (tertiary/aromatic N) is 1. The van der Waals surface area contributed by atoms with E-state index in [-0.39, 0.29) is 41.1 Å². The Balaban J connectivity index is 1.42. The maximum absolute atomic E-state index is 12.9. The Morgan fingerprint density at radius 1 is 1.08 bits per heavy atom. The van der Waals surface area contributed by atoms with Crippen LogP contribution in [0.15, 0.2) is 45.6 Å². The van der Waals surface area contributed by atoms with Crippen molar-refractivity contribution in [3.05, 3.63) is 46.6 Å². The van der Waals surface area contributed by atoms with Crippen molar-refractivity contribution in [2.24, 2.45) is 0 Å². The van der Waals surface area contributed by atoms with E-state index in [1.54, 1.807) is 30.2 Å². The van der Waals surface area contributed by atoms with Gasteiger partial charge in [0.1, 0.15) is 28.2 Å². The molecule has 2 aliphatic rings. The van der Waals surface area contributed by atoms with Crippen LogP contribution < -0.4 is 19.6 Å². The van der Waals surface area contributed by atoms with Gasteiger partial charge < -0.3 is 33.4 Å². The molecule has 3 aromatic rings. The molecule has 1 saturated heterocycles. The monoisotopic (exact) mass is 495 g/mol. The molecular formula is C27H29NO8. The Labute approximate surface area is 208 Å². The van der Waals surface area contributed by atoms with E-state index in [0.717, 1.165) is 25.7 Å². The minimum absolute atomic E-state index is 0.0431. The molecule has 0 bridgehead atoms. The zero-order chi connectivity index (χ0) is 25.1. The summed E-state index contributed by atoms with van der Waals surface area (Å²) in [6, 6.07) is 9.51. The normalized spacial score (nSPS) is 16.3. The van der Waals surface area contributed by atoms with E-state index in [9.17, 15) is 14.7 Å². The van der Waals surface area contributed by atoms with Crippen molar-refractivity contribution in [1.82, 2.24) is 4.90 Å². The quantitative estimate of drug-likeness (QED) is 0.528. The molecule has 1 amide bonds. The SMILES string of the molecule is COc1ccc(-c2cc(=O)c3c(O)cc(OCC(=O)N4CCOCC4)cc3o2)cc1OC1CCCC1. The van der Waals surface area contributed by atoms with Crippen molar-refractivity contribution in [2.45, 2.75) is 31.8 Å². The van der Waals surface area contributed by atoms with Crippen LogP contribution in [0.3, 0.4) is 0 Å². The van der Waals surface area contributed by atoms with Gasteiger partial charge in [0.25, 0.3) is 5.91 Å². The standard InChI is InChI=1S/C27H29NO8/c1-32-22-7-6-17(12-24(22)35-18-4-2-3-5-18)23-15-21(30)27-20(29)13-19(14-25(27)36-23)34-16-26(31)28-8-10-33-11-9-28/h6-7,12-15,18,29H,2-5,8-11,16H2,1H3. The molecule has 0 spiro atoms. The van der Waals surface area contributed by atoms with Crippen LogP contribution in [-0.2, 0) is 9.53 Å². The molecule has 9 nitrogen and oxygen atoms in total. The van der Waals surface area contributed by atoms with Crippen molar-refractivity contribution in [2.75, 3.05) is 40.0 Å². The Bertz CT molecular complexity index is 1310. The first-order chi connectivity index (χ1) is 17.5. The Hall–Kier alpha value is -3.72. The zero-order valence-corrected chi connectivity index (χ0v) is 20.2. The van der Waals surface area contributed by atoms with Gasteiger partial charge >= 0.3 is 0 Å². The number of amides is 1. The summed E-state index contributed by atoms with van der Waals surface area (Å²) in [7, 11) is 1.58. The van der Waals surface area contributed by atoms with Crippen LogP contribution in [0.5, 0.6) is 23.0 Å². The van der Waals surface area contributed by atoms with Gasteiger partial charge in [0.05, 0.1) is 26.4 Å². The molecule has 190 valence electrons. The van der Waals surface area contributed by atoms with Crippen LogP contribution in [0.25, 0.3) is 22.3 Å². The summed E-state index contributed by atoms with van der Waals surface area (Å²) in [6.45, 7) is 1.81. The fourth-order valence-electron chi connectivity index (χ4n) is 4.63. The number of aromatic hydroxyl groups is 1. The molecule has 2 fully saturated rings. The van der Waals surface area contributed by atoms with E-state index in [1.165, 1.54) is 18.2 Å². The van der Waals surface area contributed by atoms with Crippen LogP contribution in [-0.4, -0.2) is 62.0 Å². The number of ether oxygens (including phenoxy) is 4. The van der Waals surface area contributed by atoms with Gasteiger partial charge in [-0.3, -0.25) is 9.59 Å². The Morgan fingerprint density at radius 2 is 1.86 bits per heavy atom. The second-order valence-corrected chi connectivity index (χ2v) is 8.96. The lowest BCUT2D eigenvalue weighted by atomic mass is 10.1. The summed E-state index contributed by atoms with van der Waals surface area (Å²) < 4.78 is 28.5. The molecule has 0 radical (unpaired) electrons. The second-order valence-electron chi connectivity index (χ2n) is 8.96. The van der Waals surface area contributed by atoms with Gasteiger partial charge in [0.15, 0.2) is 23.5 Å². The molecule has 1 aliphatic heterocycles. The van der Waals surface area contributed by atoms with Gasteiger partial charge in [-0.2, -0.15) is 0 Å². The van der Waals surface area contributed by atoms with Gasteiger partial charge in [-0.05, 0) is 43.9 Å². The summed E-state index contributed by atoms with van der Waals surface area (Å²) in [6.07, 6.45) is 4.40. The molecule has 1 aliphatic carbocycles. The number of fused-ring (bicyclic) bond motifs is 1. The van der Waals surface area contributed by atoms with Gasteiger partial charge in [-0.15, -0.1) is 0 Å². The summed E-state index contributed by atoms with van der Waals surface area (Å²) in [5.41, 5.74) is 0.394. The fraction of sp³-hybridized carbons (Fsp3) is 0.407. The summed E-state index contributed by atoms with van der Waals surface area (Å²) >= 11 is 0. The highest BCUT2D eigenvalue weighted by molar-refractivity contribution is 5.86. The maximum atomic E-state index is 12.9. The third-order valence-electron chi connectivity index (χ3n) is 6.55. The Kier molecular flexibility index (Phi) is 6.99. The lowest BCUT2D eigenvalue weighted by Gasteiger charge is -2.26. The number of methoxy groups -OCH3 is 1. The highest BCUT2D eigenvalue weighted by Gasteiger charge is 2.21. The molecule has 9 heteroatoms. The highest BCUT2D eigenvalue weighted by atomic mass is 16.5. The van der Waals surface area contributed by atoms with Gasteiger partial charge in [-0.1, -0.05) is 0 Å². The fourth-order valence-corrected chi connectivity index (χ4v) is 4.63. The minimum atomic E-state index is -0.395. The molecular weight excluding hydrogens is 466 g/mol. The third kappa shape index (κ3) is 5.11. The Morgan fingerprint density at radius 3 is 2.61 bits per heavy atom. The average molecular weight is 496 g/mol. The molecule has 5 rings (SSSR count). The van der Waals surface area contributed by atoms with Crippen LogP contribution >= 0.6 is 0 Å². The summed E-state index contributed by atoms with van der Waals surface area (Å²) in [5.74, 6) is 1.27.